The first kappa shape index (κ1) is 22.2. The molecule has 1 aromatic rings. The van der Waals surface area contributed by atoms with Crippen molar-refractivity contribution >= 4 is 17.7 Å². The van der Waals surface area contributed by atoms with Crippen molar-refractivity contribution in [3.05, 3.63) is 18.2 Å². The minimum atomic E-state index is -0.513. The Kier molecular flexibility index (Phi) is 6.51. The van der Waals surface area contributed by atoms with E-state index in [2.05, 4.69) is 16.0 Å². The fourth-order valence-corrected chi connectivity index (χ4v) is 5.55. The summed E-state index contributed by atoms with van der Waals surface area (Å²) in [7, 11) is 0. The number of carbonyl (C=O) groups excluding carboxylic acids is 2. The Morgan fingerprint density at radius 1 is 0.818 bits per heavy atom. The Balaban J connectivity index is 1.07. The van der Waals surface area contributed by atoms with Crippen LogP contribution < -0.4 is 25.4 Å². The average molecular weight is 457 g/mol. The Morgan fingerprint density at radius 2 is 1.45 bits per heavy atom. The Labute approximate surface area is 195 Å². The van der Waals surface area contributed by atoms with E-state index in [1.165, 1.54) is 25.7 Å². The van der Waals surface area contributed by atoms with Crippen molar-refractivity contribution in [3.63, 3.8) is 0 Å². The number of ether oxygens (including phenoxy) is 2. The lowest BCUT2D eigenvalue weighted by Crippen LogP contribution is -2.51. The fourth-order valence-electron chi connectivity index (χ4n) is 5.55. The van der Waals surface area contributed by atoms with Crippen molar-refractivity contribution in [2.75, 3.05) is 18.4 Å². The normalized spacial score (nSPS) is 22.7. The topological polar surface area (TPSA) is 91.9 Å². The second-order valence-corrected chi connectivity index (χ2v) is 9.98. The summed E-state index contributed by atoms with van der Waals surface area (Å²) in [5, 5.41) is 9.20. The lowest BCUT2D eigenvalue weighted by Gasteiger charge is -2.33. The summed E-state index contributed by atoms with van der Waals surface area (Å²) < 4.78 is 12.3. The molecule has 33 heavy (non-hydrogen) atoms. The molecular weight excluding hydrogens is 420 g/mol. The van der Waals surface area contributed by atoms with Crippen molar-refractivity contribution in [1.82, 2.24) is 15.5 Å². The van der Waals surface area contributed by atoms with Crippen molar-refractivity contribution < 1.29 is 19.1 Å². The predicted molar refractivity (Wildman–Crippen MR) is 126 cm³/mol. The number of carbonyl (C=O) groups is 2. The number of likely N-dealkylation sites (tertiary alicyclic amines) is 1. The van der Waals surface area contributed by atoms with Gasteiger partial charge in [-0.1, -0.05) is 25.7 Å². The van der Waals surface area contributed by atoms with Crippen molar-refractivity contribution in [2.45, 2.75) is 94.9 Å². The van der Waals surface area contributed by atoms with E-state index in [9.17, 15) is 9.59 Å². The van der Waals surface area contributed by atoms with Crippen LogP contribution in [-0.4, -0.2) is 47.9 Å². The summed E-state index contributed by atoms with van der Waals surface area (Å²) in [4.78, 5) is 26.9. The molecule has 1 saturated heterocycles. The zero-order chi connectivity index (χ0) is 22.7. The quantitative estimate of drug-likeness (QED) is 0.612. The van der Waals surface area contributed by atoms with Crippen molar-refractivity contribution in [1.29, 1.82) is 0 Å². The maximum atomic E-state index is 12.8. The van der Waals surface area contributed by atoms with Crippen LogP contribution in [-0.2, 0) is 0 Å². The number of fused-ring (bicyclic) bond motifs is 1. The number of piperidine rings is 1. The molecule has 5 rings (SSSR count). The van der Waals surface area contributed by atoms with E-state index in [0.29, 0.717) is 30.6 Å². The first-order valence-corrected chi connectivity index (χ1v) is 12.7. The number of urea groups is 2. The molecule has 0 bridgehead atoms. The molecule has 1 aromatic carbocycles. The smallest absolute Gasteiger partial charge is 0.321 e. The summed E-state index contributed by atoms with van der Waals surface area (Å²) in [6.07, 6.45) is 12.6. The number of anilines is 1. The van der Waals surface area contributed by atoms with Crippen LogP contribution in [0.15, 0.2) is 18.2 Å². The summed E-state index contributed by atoms with van der Waals surface area (Å²) in [6, 6.07) is 5.84. The monoisotopic (exact) mass is 456 g/mol. The maximum absolute atomic E-state index is 12.8. The van der Waals surface area contributed by atoms with Gasteiger partial charge in [0.25, 0.3) is 5.79 Å². The summed E-state index contributed by atoms with van der Waals surface area (Å²) in [5.74, 6) is 0.955. The molecule has 1 spiro atoms. The van der Waals surface area contributed by atoms with E-state index in [-0.39, 0.29) is 18.1 Å². The number of nitrogens with one attached hydrogen (secondary N) is 3. The van der Waals surface area contributed by atoms with Gasteiger partial charge in [-0.25, -0.2) is 9.59 Å². The highest BCUT2D eigenvalue weighted by Gasteiger charge is 2.42. The van der Waals surface area contributed by atoms with E-state index < -0.39 is 5.79 Å². The van der Waals surface area contributed by atoms with E-state index in [4.69, 9.17) is 9.47 Å². The maximum Gasteiger partial charge on any atom is 0.321 e. The van der Waals surface area contributed by atoms with Gasteiger partial charge in [-0.05, 0) is 50.7 Å². The predicted octanol–water partition coefficient (Wildman–Crippen LogP) is 4.75. The summed E-state index contributed by atoms with van der Waals surface area (Å²) in [6.45, 7) is 1.24. The minimum Gasteiger partial charge on any atom is -0.448 e. The van der Waals surface area contributed by atoms with E-state index in [0.717, 1.165) is 57.1 Å². The molecule has 2 heterocycles. The molecule has 8 heteroatoms. The van der Waals surface area contributed by atoms with Gasteiger partial charge in [0, 0.05) is 49.8 Å². The zero-order valence-corrected chi connectivity index (χ0v) is 19.4. The molecule has 0 aromatic heterocycles. The molecule has 0 radical (unpaired) electrons. The van der Waals surface area contributed by atoms with Crippen LogP contribution >= 0.6 is 0 Å². The van der Waals surface area contributed by atoms with Crippen LogP contribution in [0.2, 0.25) is 0 Å². The summed E-state index contributed by atoms with van der Waals surface area (Å²) >= 11 is 0. The van der Waals surface area contributed by atoms with Crippen LogP contribution in [0.1, 0.15) is 77.0 Å². The number of amides is 4. The lowest BCUT2D eigenvalue weighted by molar-refractivity contribution is -0.105. The second kappa shape index (κ2) is 9.69. The van der Waals surface area contributed by atoms with Gasteiger partial charge in [-0.15, -0.1) is 0 Å². The Bertz CT molecular complexity index is 856. The molecule has 0 atom stereocenters. The van der Waals surface area contributed by atoms with Crippen LogP contribution in [0.5, 0.6) is 11.5 Å². The van der Waals surface area contributed by atoms with Crippen LogP contribution in [0.25, 0.3) is 0 Å². The largest absolute Gasteiger partial charge is 0.448 e. The molecule has 4 aliphatic rings. The molecule has 4 amide bonds. The second-order valence-electron chi connectivity index (χ2n) is 9.98. The third-order valence-corrected chi connectivity index (χ3v) is 7.46. The number of nitrogens with zero attached hydrogens (tertiary/aromatic N) is 1. The molecule has 2 aliphatic heterocycles. The van der Waals surface area contributed by atoms with Gasteiger partial charge < -0.3 is 30.3 Å². The van der Waals surface area contributed by atoms with Gasteiger partial charge in [-0.2, -0.15) is 0 Å². The standard InChI is InChI=1S/C25H36N4O4/c30-23(26-18-7-3-1-4-8-18)27-19-11-15-29(16-12-19)24(31)28-20-9-10-21-22(17-20)33-25(32-21)13-5-2-6-14-25/h9-10,17-19H,1-8,11-16H2,(H,28,31)(H2,26,27,30). The SMILES string of the molecule is O=C(NC1CCCCC1)NC1CCN(C(=O)Nc2ccc3c(c2)OC2(CCCCC2)O3)CC1. The van der Waals surface area contributed by atoms with Gasteiger partial charge in [0.1, 0.15) is 0 Å². The van der Waals surface area contributed by atoms with Crippen LogP contribution in [0, 0.1) is 0 Å². The first-order valence-electron chi connectivity index (χ1n) is 12.7. The van der Waals surface area contributed by atoms with E-state index in [1.54, 1.807) is 0 Å². The van der Waals surface area contributed by atoms with Crippen molar-refractivity contribution in [3.8, 4) is 11.5 Å². The molecule has 2 aliphatic carbocycles. The van der Waals surface area contributed by atoms with E-state index >= 15 is 0 Å². The van der Waals surface area contributed by atoms with Gasteiger partial charge in [0.2, 0.25) is 0 Å². The Morgan fingerprint density at radius 3 is 2.18 bits per heavy atom. The molecule has 0 unspecified atom stereocenters. The zero-order valence-electron chi connectivity index (χ0n) is 19.4. The average Bonchev–Trinajstić information content (AvgIpc) is 3.17. The van der Waals surface area contributed by atoms with Gasteiger partial charge in [0.15, 0.2) is 11.5 Å². The van der Waals surface area contributed by atoms with Crippen LogP contribution in [0.4, 0.5) is 15.3 Å². The third-order valence-electron chi connectivity index (χ3n) is 7.46. The highest BCUT2D eigenvalue weighted by atomic mass is 16.7. The van der Waals surface area contributed by atoms with Gasteiger partial charge in [0.05, 0.1) is 0 Å². The van der Waals surface area contributed by atoms with Crippen molar-refractivity contribution in [2.24, 2.45) is 0 Å². The minimum absolute atomic E-state index is 0.0686. The van der Waals surface area contributed by atoms with E-state index in [1.807, 2.05) is 23.1 Å². The molecule has 3 fully saturated rings. The van der Waals surface area contributed by atoms with Crippen LogP contribution in [0.3, 0.4) is 0 Å². The third kappa shape index (κ3) is 5.31. The molecule has 2 saturated carbocycles. The van der Waals surface area contributed by atoms with Gasteiger partial charge in [-0.3, -0.25) is 0 Å². The number of hydrogen-bond donors (Lipinski definition) is 3. The number of hydrogen-bond acceptors (Lipinski definition) is 4. The molecular formula is C25H36N4O4. The molecule has 3 N–H and O–H groups in total. The summed E-state index contributed by atoms with van der Waals surface area (Å²) in [5.41, 5.74) is 0.710. The molecule has 180 valence electrons. The highest BCUT2D eigenvalue weighted by molar-refractivity contribution is 5.90. The number of rotatable bonds is 3. The van der Waals surface area contributed by atoms with Gasteiger partial charge >= 0.3 is 12.1 Å². The highest BCUT2D eigenvalue weighted by Crippen LogP contribution is 2.46. The first-order chi connectivity index (χ1) is 16.1. The number of benzene rings is 1. The fraction of sp³-hybridized carbons (Fsp3) is 0.680. The Hall–Kier alpha value is -2.64. The molecule has 8 nitrogen and oxygen atoms in total. The lowest BCUT2D eigenvalue weighted by atomic mass is 9.94.